The Labute approximate surface area is 152 Å². The van der Waals surface area contributed by atoms with Gasteiger partial charge in [-0.15, -0.1) is 6.42 Å². The second-order valence-corrected chi connectivity index (χ2v) is 7.01. The summed E-state index contributed by atoms with van der Waals surface area (Å²) in [5.74, 6) is 3.76. The van der Waals surface area contributed by atoms with Crippen LogP contribution in [0.4, 0.5) is 5.69 Å². The first kappa shape index (κ1) is 15.1. The molecule has 128 valence electrons. The van der Waals surface area contributed by atoms with E-state index in [1.54, 1.807) is 0 Å². The molecule has 0 bridgehead atoms. The molecule has 4 heteroatoms. The van der Waals surface area contributed by atoms with Crippen molar-refractivity contribution >= 4 is 5.69 Å². The molecule has 1 aliphatic heterocycles. The number of nitrogens with one attached hydrogen (secondary N) is 1. The van der Waals surface area contributed by atoms with Crippen LogP contribution < -0.4 is 10.1 Å². The fraction of sp³-hybridized carbons (Fsp3) is 0.227. The third-order valence-electron chi connectivity index (χ3n) is 5.11. The van der Waals surface area contributed by atoms with E-state index in [1.165, 1.54) is 0 Å². The third kappa shape index (κ3) is 2.62. The molecule has 2 aliphatic rings. The Morgan fingerprint density at radius 1 is 1.12 bits per heavy atom. The first-order valence-corrected chi connectivity index (χ1v) is 8.89. The van der Waals surface area contributed by atoms with E-state index in [0.29, 0.717) is 13.2 Å². The normalized spacial score (nSPS) is 16.4. The molecule has 3 aromatic rings. The number of nitrogens with zero attached hydrogens (tertiary/aromatic N) is 2. The average Bonchev–Trinajstić information content (AvgIpc) is 3.38. The van der Waals surface area contributed by atoms with Gasteiger partial charge in [0, 0.05) is 22.9 Å². The first-order valence-electron chi connectivity index (χ1n) is 8.89. The van der Waals surface area contributed by atoms with Crippen LogP contribution in [-0.4, -0.2) is 15.3 Å². The number of hydrogen-bond donors (Lipinski definition) is 1. The monoisotopic (exact) mass is 341 g/mol. The molecule has 1 fully saturated rings. The highest BCUT2D eigenvalue weighted by molar-refractivity contribution is 5.60. The van der Waals surface area contributed by atoms with Crippen molar-refractivity contribution in [1.29, 1.82) is 0 Å². The van der Waals surface area contributed by atoms with E-state index in [4.69, 9.17) is 16.3 Å². The Hall–Kier alpha value is -3.19. The number of benzene rings is 2. The van der Waals surface area contributed by atoms with Crippen LogP contribution >= 0.6 is 0 Å². The SMILES string of the molecule is C#CC1(Nc2ccc3c(c2)OCc2cc(-c4ccccc4)nn2C3)CC1. The van der Waals surface area contributed by atoms with Gasteiger partial charge in [0.2, 0.25) is 0 Å². The fourth-order valence-corrected chi connectivity index (χ4v) is 3.38. The molecule has 4 nitrogen and oxygen atoms in total. The molecule has 0 unspecified atom stereocenters. The van der Waals surface area contributed by atoms with Crippen LogP contribution in [0.15, 0.2) is 54.6 Å². The summed E-state index contributed by atoms with van der Waals surface area (Å²) in [7, 11) is 0. The lowest BCUT2D eigenvalue weighted by Gasteiger charge is -2.15. The largest absolute Gasteiger partial charge is 0.487 e. The van der Waals surface area contributed by atoms with Gasteiger partial charge in [-0.3, -0.25) is 4.68 Å². The van der Waals surface area contributed by atoms with Gasteiger partial charge in [0.1, 0.15) is 12.4 Å². The maximum atomic E-state index is 6.08. The highest BCUT2D eigenvalue weighted by atomic mass is 16.5. The molecule has 2 aromatic carbocycles. The maximum absolute atomic E-state index is 6.08. The predicted molar refractivity (Wildman–Crippen MR) is 102 cm³/mol. The van der Waals surface area contributed by atoms with Crippen molar-refractivity contribution in [3.05, 3.63) is 65.9 Å². The lowest BCUT2D eigenvalue weighted by molar-refractivity contribution is 0.302. The molecule has 0 spiro atoms. The lowest BCUT2D eigenvalue weighted by Crippen LogP contribution is -2.18. The zero-order valence-electron chi connectivity index (χ0n) is 14.4. The van der Waals surface area contributed by atoms with E-state index < -0.39 is 0 Å². The van der Waals surface area contributed by atoms with Crippen molar-refractivity contribution in [2.75, 3.05) is 5.32 Å². The van der Waals surface area contributed by atoms with Crippen molar-refractivity contribution in [3.63, 3.8) is 0 Å². The van der Waals surface area contributed by atoms with Crippen LogP contribution in [0.5, 0.6) is 5.75 Å². The topological polar surface area (TPSA) is 39.1 Å². The van der Waals surface area contributed by atoms with Crippen LogP contribution in [0.2, 0.25) is 0 Å². The number of aromatic nitrogens is 2. The van der Waals surface area contributed by atoms with E-state index in [0.717, 1.165) is 46.8 Å². The van der Waals surface area contributed by atoms with Crippen molar-refractivity contribution in [2.45, 2.75) is 31.5 Å². The molecule has 26 heavy (non-hydrogen) atoms. The summed E-state index contributed by atoms with van der Waals surface area (Å²) in [5.41, 5.74) is 5.17. The van der Waals surface area contributed by atoms with E-state index in [1.807, 2.05) is 22.9 Å². The Balaban J connectivity index is 1.42. The smallest absolute Gasteiger partial charge is 0.130 e. The molecular weight excluding hydrogens is 322 g/mol. The second-order valence-electron chi connectivity index (χ2n) is 7.01. The number of terminal acetylenes is 1. The molecule has 1 aromatic heterocycles. The fourth-order valence-electron chi connectivity index (χ4n) is 3.38. The van der Waals surface area contributed by atoms with Gasteiger partial charge < -0.3 is 10.1 Å². The third-order valence-corrected chi connectivity index (χ3v) is 5.11. The van der Waals surface area contributed by atoms with E-state index in [-0.39, 0.29) is 5.54 Å². The summed E-state index contributed by atoms with van der Waals surface area (Å²) in [6.45, 7) is 1.22. The number of ether oxygens (including phenoxy) is 1. The number of rotatable bonds is 3. The summed E-state index contributed by atoms with van der Waals surface area (Å²) in [5, 5.41) is 8.24. The number of hydrogen-bond acceptors (Lipinski definition) is 3. The Kier molecular flexibility index (Phi) is 3.29. The summed E-state index contributed by atoms with van der Waals surface area (Å²) in [4.78, 5) is 0. The van der Waals surface area contributed by atoms with Crippen molar-refractivity contribution in [3.8, 4) is 29.4 Å². The Morgan fingerprint density at radius 2 is 1.96 bits per heavy atom. The van der Waals surface area contributed by atoms with Gasteiger partial charge in [-0.1, -0.05) is 42.3 Å². The minimum Gasteiger partial charge on any atom is -0.487 e. The highest BCUT2D eigenvalue weighted by Gasteiger charge is 2.40. The highest BCUT2D eigenvalue weighted by Crippen LogP contribution is 2.39. The summed E-state index contributed by atoms with van der Waals surface area (Å²) >= 11 is 0. The van der Waals surface area contributed by atoms with Crippen LogP contribution in [0.25, 0.3) is 11.3 Å². The zero-order valence-corrected chi connectivity index (χ0v) is 14.4. The van der Waals surface area contributed by atoms with E-state index in [9.17, 15) is 0 Å². The average molecular weight is 341 g/mol. The molecular formula is C22H19N3O. The summed E-state index contributed by atoms with van der Waals surface area (Å²) in [6.07, 6.45) is 7.68. The summed E-state index contributed by atoms with van der Waals surface area (Å²) in [6, 6.07) is 18.6. The molecule has 0 amide bonds. The van der Waals surface area contributed by atoms with E-state index in [2.05, 4.69) is 47.6 Å². The van der Waals surface area contributed by atoms with Crippen LogP contribution in [-0.2, 0) is 13.2 Å². The van der Waals surface area contributed by atoms with Crippen LogP contribution in [0, 0.1) is 12.3 Å². The Bertz CT molecular complexity index is 1010. The summed E-state index contributed by atoms with van der Waals surface area (Å²) < 4.78 is 8.11. The lowest BCUT2D eigenvalue weighted by atomic mass is 10.1. The van der Waals surface area contributed by atoms with Crippen LogP contribution in [0.3, 0.4) is 0 Å². The molecule has 5 rings (SSSR count). The Morgan fingerprint density at radius 3 is 2.73 bits per heavy atom. The van der Waals surface area contributed by atoms with E-state index >= 15 is 0 Å². The zero-order chi connectivity index (χ0) is 17.6. The van der Waals surface area contributed by atoms with Gasteiger partial charge in [0.15, 0.2) is 0 Å². The molecule has 1 saturated carbocycles. The molecule has 2 heterocycles. The standard InChI is InChI=1S/C22H19N3O/c1-2-22(10-11-22)23-18-9-8-17-14-25-19(15-26-21(17)12-18)13-20(24-25)16-6-4-3-5-7-16/h1,3-9,12-13,23H,10-11,14-15H2. The predicted octanol–water partition coefficient (Wildman–Crippen LogP) is 4.07. The number of anilines is 1. The van der Waals surface area contributed by atoms with Crippen LogP contribution in [0.1, 0.15) is 24.1 Å². The van der Waals surface area contributed by atoms with Gasteiger partial charge in [0.25, 0.3) is 0 Å². The van der Waals surface area contributed by atoms with Gasteiger partial charge in [-0.25, -0.2) is 0 Å². The molecule has 0 radical (unpaired) electrons. The number of fused-ring (bicyclic) bond motifs is 2. The first-order chi connectivity index (χ1) is 12.7. The van der Waals surface area contributed by atoms with Gasteiger partial charge in [-0.2, -0.15) is 5.10 Å². The molecule has 1 N–H and O–H groups in total. The molecule has 1 aliphatic carbocycles. The quantitative estimate of drug-likeness (QED) is 0.730. The molecule has 0 atom stereocenters. The van der Waals surface area contributed by atoms with Crippen molar-refractivity contribution < 1.29 is 4.74 Å². The minimum atomic E-state index is -0.156. The molecule has 0 saturated heterocycles. The minimum absolute atomic E-state index is 0.156. The van der Waals surface area contributed by atoms with Gasteiger partial charge in [0.05, 0.1) is 23.5 Å². The van der Waals surface area contributed by atoms with Gasteiger partial charge in [-0.05, 0) is 25.0 Å². The maximum Gasteiger partial charge on any atom is 0.130 e. The van der Waals surface area contributed by atoms with Crippen molar-refractivity contribution in [1.82, 2.24) is 9.78 Å². The second kappa shape index (κ2) is 5.67. The van der Waals surface area contributed by atoms with Gasteiger partial charge >= 0.3 is 0 Å². The van der Waals surface area contributed by atoms with Crippen molar-refractivity contribution in [2.24, 2.45) is 0 Å².